The van der Waals surface area contributed by atoms with Crippen LogP contribution < -0.4 is 0 Å². The van der Waals surface area contributed by atoms with E-state index in [0.717, 1.165) is 32.1 Å². The van der Waals surface area contributed by atoms with Gasteiger partial charge >= 0.3 is 24.6 Å². The molecular formula is C30H56O12. The third-order valence-corrected chi connectivity index (χ3v) is 6.18. The number of methoxy groups -OCH3 is 4. The molecular weight excluding hydrogens is 552 g/mol. The smallest absolute Gasteiger partial charge is 0.438 e. The summed E-state index contributed by atoms with van der Waals surface area (Å²) in [7, 11) is 5.14. The van der Waals surface area contributed by atoms with Crippen molar-refractivity contribution in [1.29, 1.82) is 0 Å². The van der Waals surface area contributed by atoms with Gasteiger partial charge in [0, 0.05) is 0 Å². The molecule has 0 amide bonds. The van der Waals surface area contributed by atoms with Gasteiger partial charge in [-0.25, -0.2) is 19.2 Å². The van der Waals surface area contributed by atoms with Gasteiger partial charge in [0.05, 0.1) is 41.7 Å². The van der Waals surface area contributed by atoms with Crippen LogP contribution in [0.4, 0.5) is 19.2 Å². The van der Waals surface area contributed by atoms with Crippen LogP contribution in [0.1, 0.15) is 93.9 Å². The van der Waals surface area contributed by atoms with Crippen molar-refractivity contribution in [2.75, 3.05) is 54.9 Å². The molecule has 0 spiro atoms. The lowest BCUT2D eigenvalue weighted by molar-refractivity contribution is 0.00514. The minimum absolute atomic E-state index is 0.145. The first-order chi connectivity index (χ1) is 19.2. The zero-order valence-corrected chi connectivity index (χ0v) is 28.0. The first-order valence-electron chi connectivity index (χ1n) is 14.1. The maximum Gasteiger partial charge on any atom is 0.507 e. The van der Waals surface area contributed by atoms with Gasteiger partial charge < -0.3 is 37.9 Å². The van der Waals surface area contributed by atoms with Gasteiger partial charge in [0.2, 0.25) is 0 Å². The lowest BCUT2D eigenvalue weighted by Gasteiger charge is -2.35. The van der Waals surface area contributed by atoms with E-state index in [1.807, 2.05) is 27.7 Å². The fraction of sp³-hybridized carbons (Fsp3) is 0.867. The average Bonchev–Trinajstić information content (AvgIpc) is 2.89. The van der Waals surface area contributed by atoms with Crippen LogP contribution in [-0.2, 0) is 37.9 Å². The van der Waals surface area contributed by atoms with Crippen molar-refractivity contribution in [1.82, 2.24) is 0 Å². The number of carbonyl (C=O) groups is 4. The molecule has 0 aromatic rings. The predicted molar refractivity (Wildman–Crippen MR) is 156 cm³/mol. The van der Waals surface area contributed by atoms with E-state index < -0.39 is 24.6 Å². The van der Waals surface area contributed by atoms with E-state index in [1.165, 1.54) is 28.4 Å². The van der Waals surface area contributed by atoms with Crippen molar-refractivity contribution in [2.45, 2.75) is 93.9 Å². The summed E-state index contributed by atoms with van der Waals surface area (Å²) in [5.41, 5.74) is -0.216. The maximum absolute atomic E-state index is 10.9. The second-order valence-corrected chi connectivity index (χ2v) is 13.3. The van der Waals surface area contributed by atoms with Gasteiger partial charge in [-0.1, -0.05) is 55.4 Å². The van der Waals surface area contributed by atoms with Gasteiger partial charge in [0.1, 0.15) is 13.2 Å². The lowest BCUT2D eigenvalue weighted by Crippen LogP contribution is -2.32. The Kier molecular flexibility index (Phi) is 19.7. The summed E-state index contributed by atoms with van der Waals surface area (Å²) in [6, 6.07) is 0. The van der Waals surface area contributed by atoms with Crippen LogP contribution in [0.3, 0.4) is 0 Å². The van der Waals surface area contributed by atoms with Crippen LogP contribution in [-0.4, -0.2) is 79.5 Å². The number of ether oxygens (including phenoxy) is 8. The molecule has 0 fully saturated rings. The first kappa shape index (κ1) is 41.2. The maximum atomic E-state index is 10.9. The Bertz CT molecular complexity index is 738. The van der Waals surface area contributed by atoms with Crippen molar-refractivity contribution < 1.29 is 57.1 Å². The van der Waals surface area contributed by atoms with Crippen LogP contribution in [0.2, 0.25) is 0 Å². The second-order valence-electron chi connectivity index (χ2n) is 13.3. The molecule has 12 heteroatoms. The highest BCUT2D eigenvalue weighted by molar-refractivity contribution is 5.60. The Morgan fingerprint density at radius 1 is 0.429 bits per heavy atom. The summed E-state index contributed by atoms with van der Waals surface area (Å²) in [5.74, 6) is 0. The number of hydrogen-bond acceptors (Lipinski definition) is 12. The Morgan fingerprint density at radius 2 is 0.690 bits per heavy atom. The van der Waals surface area contributed by atoms with E-state index in [4.69, 9.17) is 18.9 Å². The van der Waals surface area contributed by atoms with E-state index in [-0.39, 0.29) is 34.9 Å². The minimum Gasteiger partial charge on any atom is -0.438 e. The highest BCUT2D eigenvalue weighted by Crippen LogP contribution is 2.39. The van der Waals surface area contributed by atoms with E-state index >= 15 is 0 Å². The molecule has 248 valence electrons. The van der Waals surface area contributed by atoms with Gasteiger partial charge in [0.25, 0.3) is 0 Å². The van der Waals surface area contributed by atoms with Gasteiger partial charge in [-0.05, 0) is 60.2 Å². The largest absolute Gasteiger partial charge is 0.507 e. The normalized spacial score (nSPS) is 11.7. The predicted octanol–water partition coefficient (Wildman–Crippen LogP) is 7.55. The zero-order chi connectivity index (χ0) is 33.0. The molecule has 0 saturated heterocycles. The standard InChI is InChI=1S/C17H32O6.C13H24O6/c1-16(2,9-7-11-22-14(18)20-5)13-17(3,4)10-8-12-23-15(19)21-6;1-12(2,8-18-10(14)16-5)7-13(3,4)9-19-11(15)17-6/h7-13H2,1-6H3;7-9H2,1-6H3. The molecule has 12 nitrogen and oxygen atoms in total. The van der Waals surface area contributed by atoms with Crippen molar-refractivity contribution >= 4 is 24.6 Å². The molecule has 0 aliphatic rings. The molecule has 0 bridgehead atoms. The van der Waals surface area contributed by atoms with Crippen molar-refractivity contribution in [3.05, 3.63) is 0 Å². The second kappa shape index (κ2) is 20.1. The fourth-order valence-corrected chi connectivity index (χ4v) is 5.03. The van der Waals surface area contributed by atoms with E-state index in [1.54, 1.807) is 0 Å². The summed E-state index contributed by atoms with van der Waals surface area (Å²) >= 11 is 0. The average molecular weight is 609 g/mol. The molecule has 0 aromatic heterocycles. The fourth-order valence-electron chi connectivity index (χ4n) is 5.03. The van der Waals surface area contributed by atoms with Crippen LogP contribution >= 0.6 is 0 Å². The third kappa shape index (κ3) is 23.8. The van der Waals surface area contributed by atoms with Gasteiger partial charge in [0.15, 0.2) is 0 Å². The quantitative estimate of drug-likeness (QED) is 0.0969. The Morgan fingerprint density at radius 3 is 0.976 bits per heavy atom. The topological polar surface area (TPSA) is 142 Å². The molecule has 0 aromatic carbocycles. The van der Waals surface area contributed by atoms with Crippen LogP contribution in [0.25, 0.3) is 0 Å². The van der Waals surface area contributed by atoms with Gasteiger partial charge in [-0.15, -0.1) is 0 Å². The summed E-state index contributed by atoms with van der Waals surface area (Å²) in [6.07, 6.45) is 2.63. The summed E-state index contributed by atoms with van der Waals surface area (Å²) in [4.78, 5) is 43.7. The molecule has 0 saturated carbocycles. The highest BCUT2D eigenvalue weighted by Gasteiger charge is 2.32. The van der Waals surface area contributed by atoms with Gasteiger partial charge in [-0.3, -0.25) is 0 Å². The van der Waals surface area contributed by atoms with Crippen LogP contribution in [0.5, 0.6) is 0 Å². The molecule has 0 heterocycles. The molecule has 0 N–H and O–H groups in total. The Labute approximate surface area is 252 Å². The van der Waals surface area contributed by atoms with E-state index in [2.05, 4.69) is 46.6 Å². The highest BCUT2D eigenvalue weighted by atomic mass is 16.7. The van der Waals surface area contributed by atoms with Crippen molar-refractivity contribution in [2.24, 2.45) is 21.7 Å². The first-order valence-corrected chi connectivity index (χ1v) is 14.1. The zero-order valence-electron chi connectivity index (χ0n) is 28.0. The third-order valence-electron chi connectivity index (χ3n) is 6.18. The molecule has 0 aliphatic heterocycles. The minimum atomic E-state index is -0.698. The summed E-state index contributed by atoms with van der Waals surface area (Å²) < 4.78 is 37.4. The SMILES string of the molecule is COC(=O)OCC(C)(C)CC(C)(C)COC(=O)OC.COC(=O)OCCCC(C)(C)CC(C)(C)CCCOC(=O)OC. The molecule has 0 radical (unpaired) electrons. The van der Waals surface area contributed by atoms with Crippen molar-refractivity contribution in [3.63, 3.8) is 0 Å². The molecule has 0 atom stereocenters. The Balaban J connectivity index is 0. The molecule has 0 aliphatic carbocycles. The van der Waals surface area contributed by atoms with Gasteiger partial charge in [-0.2, -0.15) is 0 Å². The molecule has 42 heavy (non-hydrogen) atoms. The number of hydrogen-bond donors (Lipinski definition) is 0. The lowest BCUT2D eigenvalue weighted by atomic mass is 9.71. The molecule has 0 rings (SSSR count). The van der Waals surface area contributed by atoms with E-state index in [0.29, 0.717) is 19.6 Å². The van der Waals surface area contributed by atoms with E-state index in [9.17, 15) is 19.2 Å². The van der Waals surface area contributed by atoms with Crippen molar-refractivity contribution in [3.8, 4) is 0 Å². The number of rotatable bonds is 16. The Hall–Kier alpha value is -2.92. The van der Waals surface area contributed by atoms with Crippen LogP contribution in [0, 0.1) is 21.7 Å². The summed E-state index contributed by atoms with van der Waals surface area (Å²) in [6.45, 7) is 18.0. The van der Waals surface area contributed by atoms with Crippen LogP contribution in [0.15, 0.2) is 0 Å². The number of carbonyl (C=O) groups excluding carboxylic acids is 4. The monoisotopic (exact) mass is 608 g/mol. The summed E-state index contributed by atoms with van der Waals surface area (Å²) in [5, 5.41) is 0. The molecule has 0 unspecified atom stereocenters.